The number of nitrogens with zero attached hydrogens (tertiary/aromatic N) is 1. The number of benzene rings is 1. The van der Waals surface area contributed by atoms with Crippen LogP contribution in [0.1, 0.15) is 22.3 Å². The quantitative estimate of drug-likeness (QED) is 0.840. The van der Waals surface area contributed by atoms with E-state index in [1.807, 2.05) is 0 Å². The van der Waals surface area contributed by atoms with Gasteiger partial charge in [-0.1, -0.05) is 0 Å². The first-order chi connectivity index (χ1) is 8.30. The molecule has 1 fully saturated rings. The van der Waals surface area contributed by atoms with Gasteiger partial charge in [0.1, 0.15) is 11.6 Å². The summed E-state index contributed by atoms with van der Waals surface area (Å²) in [6.45, 7) is 0.668. The lowest BCUT2D eigenvalue weighted by atomic mass is 10.1. The fraction of sp³-hybridized carbons (Fsp3) is 0.417. The maximum absolute atomic E-state index is 13.6. The van der Waals surface area contributed by atoms with E-state index in [1.165, 1.54) is 13.0 Å². The molecule has 1 aromatic rings. The number of amides is 1. The van der Waals surface area contributed by atoms with Crippen LogP contribution in [0.3, 0.4) is 0 Å². The molecule has 0 saturated carbocycles. The Labute approximate surface area is 102 Å². The van der Waals surface area contributed by atoms with Gasteiger partial charge in [-0.25, -0.2) is 13.2 Å². The molecule has 1 heterocycles. The van der Waals surface area contributed by atoms with Crippen LogP contribution in [-0.4, -0.2) is 34.9 Å². The molecule has 0 radical (unpaired) electrons. The maximum atomic E-state index is 13.6. The third-order valence-electron chi connectivity index (χ3n) is 2.94. The first-order valence-corrected chi connectivity index (χ1v) is 5.46. The highest BCUT2D eigenvalue weighted by Crippen LogP contribution is 2.29. The van der Waals surface area contributed by atoms with Crippen molar-refractivity contribution in [2.75, 3.05) is 13.1 Å². The van der Waals surface area contributed by atoms with Crippen LogP contribution in [0.15, 0.2) is 12.1 Å². The number of hydrogen-bond donors (Lipinski definition) is 1. The van der Waals surface area contributed by atoms with E-state index in [4.69, 9.17) is 5.11 Å². The molecule has 1 aliphatic rings. The molecule has 0 atom stereocenters. The first-order valence-electron chi connectivity index (χ1n) is 5.46. The van der Waals surface area contributed by atoms with Crippen molar-refractivity contribution in [2.45, 2.75) is 19.3 Å². The van der Waals surface area contributed by atoms with E-state index in [9.17, 15) is 18.0 Å². The van der Waals surface area contributed by atoms with Gasteiger partial charge < -0.3 is 10.0 Å². The van der Waals surface area contributed by atoms with Crippen molar-refractivity contribution in [3.05, 3.63) is 29.1 Å². The molecule has 0 bridgehead atoms. The fourth-order valence-corrected chi connectivity index (χ4v) is 2.06. The molecule has 1 aliphatic heterocycles. The molecule has 0 aliphatic carbocycles. The molecule has 0 unspecified atom stereocenters. The number of aryl methyl sites for hydroxylation is 1. The van der Waals surface area contributed by atoms with E-state index in [-0.39, 0.29) is 23.4 Å². The zero-order chi connectivity index (χ0) is 13.5. The van der Waals surface area contributed by atoms with Gasteiger partial charge >= 0.3 is 0 Å². The molecule has 0 aromatic heterocycles. The number of phenols is 1. The Morgan fingerprint density at radius 1 is 1.44 bits per heavy atom. The maximum Gasteiger partial charge on any atom is 0.267 e. The SMILES string of the molecule is Cc1cc(O)cc(F)c1C(=O)N1CCC(F)(F)C1. The van der Waals surface area contributed by atoms with Gasteiger partial charge in [0.05, 0.1) is 12.1 Å². The molecule has 0 spiro atoms. The molecule has 98 valence electrons. The van der Waals surface area contributed by atoms with Gasteiger partial charge in [0, 0.05) is 19.0 Å². The number of phenolic OH excluding ortho intramolecular Hbond substituents is 1. The van der Waals surface area contributed by atoms with Crippen LogP contribution < -0.4 is 0 Å². The minimum absolute atomic E-state index is 0.0917. The van der Waals surface area contributed by atoms with E-state index in [0.29, 0.717) is 0 Å². The lowest BCUT2D eigenvalue weighted by molar-refractivity contribution is 0.0119. The number of aromatic hydroxyl groups is 1. The Morgan fingerprint density at radius 2 is 2.11 bits per heavy atom. The zero-order valence-corrected chi connectivity index (χ0v) is 9.71. The van der Waals surface area contributed by atoms with Crippen molar-refractivity contribution < 1.29 is 23.1 Å². The average Bonchev–Trinajstić information content (AvgIpc) is 2.57. The summed E-state index contributed by atoms with van der Waals surface area (Å²) < 4.78 is 39.6. The Bertz CT molecular complexity index is 479. The summed E-state index contributed by atoms with van der Waals surface area (Å²) in [5.41, 5.74) is -0.0294. The number of carbonyl (C=O) groups is 1. The van der Waals surface area contributed by atoms with Crippen LogP contribution >= 0.6 is 0 Å². The summed E-state index contributed by atoms with van der Waals surface area (Å²) in [5, 5.41) is 9.16. The van der Waals surface area contributed by atoms with Crippen LogP contribution in [0.5, 0.6) is 5.75 Å². The smallest absolute Gasteiger partial charge is 0.267 e. The van der Waals surface area contributed by atoms with Crippen LogP contribution in [0.25, 0.3) is 0 Å². The Kier molecular flexibility index (Phi) is 2.96. The minimum Gasteiger partial charge on any atom is -0.508 e. The van der Waals surface area contributed by atoms with E-state index >= 15 is 0 Å². The topological polar surface area (TPSA) is 40.5 Å². The van der Waals surface area contributed by atoms with Crippen molar-refractivity contribution in [3.8, 4) is 5.75 Å². The van der Waals surface area contributed by atoms with Gasteiger partial charge in [0.25, 0.3) is 11.8 Å². The predicted octanol–water partition coefficient (Wildman–Crippen LogP) is 2.32. The lowest BCUT2D eigenvalue weighted by Crippen LogP contribution is -2.32. The van der Waals surface area contributed by atoms with Crippen molar-refractivity contribution in [1.29, 1.82) is 0 Å². The normalized spacial score (nSPS) is 18.1. The van der Waals surface area contributed by atoms with Crippen molar-refractivity contribution in [2.24, 2.45) is 0 Å². The lowest BCUT2D eigenvalue weighted by Gasteiger charge is -2.17. The summed E-state index contributed by atoms with van der Waals surface area (Å²) in [4.78, 5) is 12.9. The van der Waals surface area contributed by atoms with E-state index in [0.717, 1.165) is 11.0 Å². The molecule has 6 heteroatoms. The highest BCUT2D eigenvalue weighted by molar-refractivity contribution is 5.96. The second kappa shape index (κ2) is 4.19. The van der Waals surface area contributed by atoms with Crippen molar-refractivity contribution in [1.82, 2.24) is 4.90 Å². The van der Waals surface area contributed by atoms with Crippen LogP contribution in [0, 0.1) is 12.7 Å². The Morgan fingerprint density at radius 3 is 2.61 bits per heavy atom. The number of hydrogen-bond acceptors (Lipinski definition) is 2. The molecular weight excluding hydrogens is 247 g/mol. The molecule has 2 rings (SSSR count). The summed E-state index contributed by atoms with van der Waals surface area (Å²) in [7, 11) is 0. The van der Waals surface area contributed by atoms with Gasteiger partial charge in [-0.15, -0.1) is 0 Å². The van der Waals surface area contributed by atoms with Gasteiger partial charge in [0.15, 0.2) is 0 Å². The summed E-state index contributed by atoms with van der Waals surface area (Å²) in [6.07, 6.45) is -0.405. The van der Waals surface area contributed by atoms with Gasteiger partial charge in [-0.05, 0) is 18.6 Å². The molecule has 1 amide bonds. The van der Waals surface area contributed by atoms with Crippen LogP contribution in [0.2, 0.25) is 0 Å². The van der Waals surface area contributed by atoms with Gasteiger partial charge in [-0.2, -0.15) is 0 Å². The molecule has 3 nitrogen and oxygen atoms in total. The zero-order valence-electron chi connectivity index (χ0n) is 9.71. The van der Waals surface area contributed by atoms with E-state index in [2.05, 4.69) is 0 Å². The average molecular weight is 259 g/mol. The molecule has 1 aromatic carbocycles. The number of carbonyl (C=O) groups excluding carboxylic acids is 1. The highest BCUT2D eigenvalue weighted by Gasteiger charge is 2.41. The first kappa shape index (κ1) is 12.7. The van der Waals surface area contributed by atoms with Crippen LogP contribution in [-0.2, 0) is 0 Å². The second-order valence-electron chi connectivity index (χ2n) is 4.45. The second-order valence-corrected chi connectivity index (χ2v) is 4.45. The van der Waals surface area contributed by atoms with E-state index in [1.54, 1.807) is 0 Å². The number of alkyl halides is 2. The Balaban J connectivity index is 2.30. The van der Waals surface area contributed by atoms with Crippen molar-refractivity contribution in [3.63, 3.8) is 0 Å². The monoisotopic (exact) mass is 259 g/mol. The third kappa shape index (κ3) is 2.27. The number of halogens is 3. The van der Waals surface area contributed by atoms with Gasteiger partial charge in [-0.3, -0.25) is 4.79 Å². The highest BCUT2D eigenvalue weighted by atomic mass is 19.3. The number of rotatable bonds is 1. The van der Waals surface area contributed by atoms with Crippen LogP contribution in [0.4, 0.5) is 13.2 Å². The third-order valence-corrected chi connectivity index (χ3v) is 2.94. The minimum atomic E-state index is -2.91. The molecule has 1 N–H and O–H groups in total. The fourth-order valence-electron chi connectivity index (χ4n) is 2.06. The van der Waals surface area contributed by atoms with Gasteiger partial charge in [0.2, 0.25) is 0 Å². The standard InChI is InChI=1S/C12H12F3NO2/c1-7-4-8(17)5-9(13)10(7)11(18)16-3-2-12(14,15)6-16/h4-5,17H,2-3,6H2,1H3. The Hall–Kier alpha value is -1.72. The molecule has 18 heavy (non-hydrogen) atoms. The molecule has 1 saturated heterocycles. The summed E-state index contributed by atoms with van der Waals surface area (Å²) in [6, 6.07) is 2.03. The number of likely N-dealkylation sites (tertiary alicyclic amines) is 1. The summed E-state index contributed by atoms with van der Waals surface area (Å²) in [5.74, 6) is -4.86. The van der Waals surface area contributed by atoms with E-state index < -0.39 is 30.6 Å². The largest absolute Gasteiger partial charge is 0.508 e. The predicted molar refractivity (Wildman–Crippen MR) is 58.3 cm³/mol. The molecular formula is C12H12F3NO2. The summed E-state index contributed by atoms with van der Waals surface area (Å²) >= 11 is 0. The van der Waals surface area contributed by atoms with Crippen molar-refractivity contribution >= 4 is 5.91 Å².